The van der Waals surface area contributed by atoms with Crippen molar-refractivity contribution in [2.45, 2.75) is 19.8 Å². The first kappa shape index (κ1) is 16.4. The van der Waals surface area contributed by atoms with Crippen LogP contribution in [0.2, 0.25) is 0 Å². The number of hydrogen-bond acceptors (Lipinski definition) is 5. The molecular weight excluding hydrogens is 278 g/mol. The van der Waals surface area contributed by atoms with Gasteiger partial charge < -0.3 is 10.6 Å². The van der Waals surface area contributed by atoms with Gasteiger partial charge in [-0.3, -0.25) is 4.79 Å². The van der Waals surface area contributed by atoms with Crippen molar-refractivity contribution in [3.05, 3.63) is 23.9 Å². The lowest BCUT2D eigenvalue weighted by atomic mass is 10.2. The van der Waals surface area contributed by atoms with Gasteiger partial charge in [0.1, 0.15) is 15.7 Å². The lowest BCUT2D eigenvalue weighted by Crippen LogP contribution is -2.27. The Morgan fingerprint density at radius 2 is 2.10 bits per heavy atom. The van der Waals surface area contributed by atoms with E-state index in [0.717, 1.165) is 13.0 Å². The van der Waals surface area contributed by atoms with Crippen LogP contribution < -0.4 is 10.6 Å². The topological polar surface area (TPSA) is 88.2 Å². The van der Waals surface area contributed by atoms with Gasteiger partial charge in [0.15, 0.2) is 0 Å². The number of nitrogens with one attached hydrogen (secondary N) is 2. The first-order chi connectivity index (χ1) is 9.44. The van der Waals surface area contributed by atoms with Gasteiger partial charge >= 0.3 is 0 Å². The molecule has 7 heteroatoms. The van der Waals surface area contributed by atoms with Gasteiger partial charge in [-0.15, -0.1) is 0 Å². The first-order valence-corrected chi connectivity index (χ1v) is 8.65. The lowest BCUT2D eigenvalue weighted by Gasteiger charge is -2.10. The van der Waals surface area contributed by atoms with E-state index in [0.29, 0.717) is 24.3 Å². The van der Waals surface area contributed by atoms with Gasteiger partial charge in [-0.25, -0.2) is 13.4 Å². The van der Waals surface area contributed by atoms with Crippen LogP contribution >= 0.6 is 0 Å². The molecule has 112 valence electrons. The molecule has 0 bridgehead atoms. The maximum absolute atomic E-state index is 12.0. The molecule has 0 atom stereocenters. The Hall–Kier alpha value is -1.63. The molecule has 0 aliphatic carbocycles. The van der Waals surface area contributed by atoms with Crippen molar-refractivity contribution in [1.29, 1.82) is 0 Å². The highest BCUT2D eigenvalue weighted by Crippen LogP contribution is 2.11. The minimum Gasteiger partial charge on any atom is -0.369 e. The summed E-state index contributed by atoms with van der Waals surface area (Å²) in [7, 11) is -2.98. The van der Waals surface area contributed by atoms with Crippen molar-refractivity contribution in [2.75, 3.05) is 30.4 Å². The van der Waals surface area contributed by atoms with Gasteiger partial charge in [-0.2, -0.15) is 0 Å². The van der Waals surface area contributed by atoms with Crippen LogP contribution in [0.4, 0.5) is 5.82 Å². The number of anilines is 1. The summed E-state index contributed by atoms with van der Waals surface area (Å²) in [6, 6.07) is 3.39. The Bertz CT molecular complexity index is 544. The molecule has 0 aliphatic rings. The normalized spacial score (nSPS) is 11.1. The number of amides is 1. The van der Waals surface area contributed by atoms with Crippen molar-refractivity contribution in [3.63, 3.8) is 0 Å². The van der Waals surface area contributed by atoms with Crippen molar-refractivity contribution >= 4 is 21.6 Å². The molecule has 1 rings (SSSR count). The monoisotopic (exact) mass is 299 g/mol. The van der Waals surface area contributed by atoms with E-state index >= 15 is 0 Å². The largest absolute Gasteiger partial charge is 0.369 e. The van der Waals surface area contributed by atoms with Crippen LogP contribution in [0.3, 0.4) is 0 Å². The van der Waals surface area contributed by atoms with E-state index in [1.54, 1.807) is 18.3 Å². The first-order valence-electron chi connectivity index (χ1n) is 6.59. The molecule has 0 aromatic carbocycles. The van der Waals surface area contributed by atoms with Gasteiger partial charge in [0.2, 0.25) is 0 Å². The second kappa shape index (κ2) is 7.84. The van der Waals surface area contributed by atoms with Crippen LogP contribution in [0.25, 0.3) is 0 Å². The Morgan fingerprint density at radius 1 is 1.35 bits per heavy atom. The Labute approximate surface area is 119 Å². The van der Waals surface area contributed by atoms with Gasteiger partial charge in [0.25, 0.3) is 5.91 Å². The summed E-state index contributed by atoms with van der Waals surface area (Å²) in [5.74, 6) is 0.376. The van der Waals surface area contributed by atoms with Gasteiger partial charge in [0.05, 0.1) is 11.3 Å². The number of carbonyl (C=O) groups is 1. The van der Waals surface area contributed by atoms with Crippen LogP contribution in [-0.4, -0.2) is 44.4 Å². The average molecular weight is 299 g/mol. The van der Waals surface area contributed by atoms with Crippen LogP contribution in [-0.2, 0) is 9.84 Å². The molecule has 1 heterocycles. The number of aromatic nitrogens is 1. The van der Waals surface area contributed by atoms with Crippen molar-refractivity contribution in [3.8, 4) is 0 Å². The molecule has 0 fully saturated rings. The molecular formula is C13H21N3O3S. The summed E-state index contributed by atoms with van der Waals surface area (Å²) in [5, 5.41) is 5.80. The van der Waals surface area contributed by atoms with E-state index in [-0.39, 0.29) is 11.7 Å². The molecule has 2 N–H and O–H groups in total. The fraction of sp³-hybridized carbons (Fsp3) is 0.538. The predicted octanol–water partition coefficient (Wildman–Crippen LogP) is 1.07. The molecule has 1 aromatic rings. The van der Waals surface area contributed by atoms with Gasteiger partial charge in [-0.05, 0) is 25.0 Å². The summed E-state index contributed by atoms with van der Waals surface area (Å²) in [5.41, 5.74) is 0.473. The highest BCUT2D eigenvalue weighted by atomic mass is 32.2. The van der Waals surface area contributed by atoms with Gasteiger partial charge in [-0.1, -0.05) is 6.92 Å². The van der Waals surface area contributed by atoms with E-state index in [1.165, 1.54) is 6.26 Å². The minimum atomic E-state index is -2.98. The zero-order valence-corrected chi connectivity index (χ0v) is 12.7. The van der Waals surface area contributed by atoms with Crippen molar-refractivity contribution < 1.29 is 13.2 Å². The number of sulfone groups is 1. The highest BCUT2D eigenvalue weighted by Gasteiger charge is 2.11. The van der Waals surface area contributed by atoms with Crippen LogP contribution in [0.5, 0.6) is 0 Å². The van der Waals surface area contributed by atoms with E-state index < -0.39 is 9.84 Å². The second-order valence-electron chi connectivity index (χ2n) is 4.57. The molecule has 1 aromatic heterocycles. The van der Waals surface area contributed by atoms with Crippen molar-refractivity contribution in [1.82, 2.24) is 10.3 Å². The third-order valence-corrected chi connectivity index (χ3v) is 3.60. The molecule has 0 aliphatic heterocycles. The maximum atomic E-state index is 12.0. The van der Waals surface area contributed by atoms with E-state index in [9.17, 15) is 13.2 Å². The number of pyridine rings is 1. The molecule has 0 saturated heterocycles. The fourth-order valence-corrected chi connectivity index (χ4v) is 2.27. The third kappa shape index (κ3) is 6.01. The summed E-state index contributed by atoms with van der Waals surface area (Å²) in [6.45, 7) is 3.10. The van der Waals surface area contributed by atoms with Crippen molar-refractivity contribution in [2.24, 2.45) is 0 Å². The van der Waals surface area contributed by atoms with E-state index in [2.05, 4.69) is 15.6 Å². The quantitative estimate of drug-likeness (QED) is 0.701. The predicted molar refractivity (Wildman–Crippen MR) is 79.7 cm³/mol. The average Bonchev–Trinajstić information content (AvgIpc) is 2.40. The number of nitrogens with zero attached hydrogens (tertiary/aromatic N) is 1. The number of carbonyl (C=O) groups excluding carboxylic acids is 1. The summed E-state index contributed by atoms with van der Waals surface area (Å²) < 4.78 is 22.0. The Morgan fingerprint density at radius 3 is 2.75 bits per heavy atom. The number of rotatable bonds is 8. The van der Waals surface area contributed by atoms with Crippen LogP contribution in [0.15, 0.2) is 18.3 Å². The smallest absolute Gasteiger partial charge is 0.255 e. The zero-order valence-electron chi connectivity index (χ0n) is 11.8. The van der Waals surface area contributed by atoms with Crippen LogP contribution in [0, 0.1) is 0 Å². The van der Waals surface area contributed by atoms with E-state index in [4.69, 9.17) is 0 Å². The fourth-order valence-electron chi connectivity index (χ4n) is 1.60. The lowest BCUT2D eigenvalue weighted by molar-refractivity contribution is 0.0954. The standard InChI is InChI=1S/C13H21N3O3S/c1-3-7-14-12-11(6-4-8-15-12)13(17)16-9-5-10-20(2,18)19/h4,6,8H,3,5,7,9-10H2,1-2H3,(H,14,15)(H,16,17). The SMILES string of the molecule is CCCNc1ncccc1C(=O)NCCCS(C)(=O)=O. The highest BCUT2D eigenvalue weighted by molar-refractivity contribution is 7.90. The molecule has 0 unspecified atom stereocenters. The molecule has 0 saturated carbocycles. The molecule has 0 spiro atoms. The summed E-state index contributed by atoms with van der Waals surface area (Å²) in [4.78, 5) is 16.1. The molecule has 20 heavy (non-hydrogen) atoms. The molecule has 6 nitrogen and oxygen atoms in total. The summed E-state index contributed by atoms with van der Waals surface area (Å²) in [6.07, 6.45) is 4.15. The summed E-state index contributed by atoms with van der Waals surface area (Å²) >= 11 is 0. The maximum Gasteiger partial charge on any atom is 0.255 e. The minimum absolute atomic E-state index is 0.0707. The van der Waals surface area contributed by atoms with Gasteiger partial charge in [0, 0.05) is 25.5 Å². The third-order valence-electron chi connectivity index (χ3n) is 2.57. The Balaban J connectivity index is 2.54. The Kier molecular flexibility index (Phi) is 6.44. The molecule has 0 radical (unpaired) electrons. The zero-order chi connectivity index (χ0) is 15.0. The second-order valence-corrected chi connectivity index (χ2v) is 6.83. The molecule has 1 amide bonds. The number of hydrogen-bond donors (Lipinski definition) is 2. The van der Waals surface area contributed by atoms with E-state index in [1.807, 2.05) is 6.92 Å². The van der Waals surface area contributed by atoms with Crippen LogP contribution in [0.1, 0.15) is 30.1 Å².